The lowest BCUT2D eigenvalue weighted by Crippen LogP contribution is -2.34. The molecule has 7 nitrogen and oxygen atoms in total. The molecule has 0 saturated carbocycles. The van der Waals surface area contributed by atoms with Crippen molar-refractivity contribution in [2.75, 3.05) is 6.61 Å². The highest BCUT2D eigenvalue weighted by Gasteiger charge is 2.43. The van der Waals surface area contributed by atoms with E-state index in [1.165, 1.54) is 16.8 Å². The van der Waals surface area contributed by atoms with Crippen LogP contribution in [0, 0.1) is 5.92 Å². The standard InChI is InChI=1S/C12H16N2O5/c1-2-3-7-10(17)8(6-15)19-11(7)14-5-4-9(16)13-12(14)18/h2-5,7-8,10-11,15,17H,6H2,1H3,(H,13,16,18)/t7?,8-,10?,11-/m0/s1. The summed E-state index contributed by atoms with van der Waals surface area (Å²) < 4.78 is 6.68. The van der Waals surface area contributed by atoms with Gasteiger partial charge in [0.2, 0.25) is 0 Å². The second kappa shape index (κ2) is 5.52. The number of nitrogens with one attached hydrogen (secondary N) is 1. The zero-order chi connectivity index (χ0) is 14.0. The minimum absolute atomic E-state index is 0.343. The van der Waals surface area contributed by atoms with Crippen molar-refractivity contribution in [3.63, 3.8) is 0 Å². The monoisotopic (exact) mass is 268 g/mol. The van der Waals surface area contributed by atoms with Crippen LogP contribution in [0.5, 0.6) is 0 Å². The number of allylic oxidation sites excluding steroid dienone is 1. The topological polar surface area (TPSA) is 105 Å². The molecule has 0 amide bonds. The van der Waals surface area contributed by atoms with Gasteiger partial charge in [-0.05, 0) is 6.92 Å². The van der Waals surface area contributed by atoms with Crippen molar-refractivity contribution >= 4 is 0 Å². The minimum atomic E-state index is -0.912. The Balaban J connectivity index is 2.41. The molecule has 1 aliphatic rings. The molecular formula is C12H16N2O5. The van der Waals surface area contributed by atoms with Crippen molar-refractivity contribution in [3.05, 3.63) is 45.3 Å². The lowest BCUT2D eigenvalue weighted by Gasteiger charge is -2.18. The lowest BCUT2D eigenvalue weighted by molar-refractivity contribution is -0.0471. The molecule has 4 atom stereocenters. The molecule has 7 heteroatoms. The van der Waals surface area contributed by atoms with Gasteiger partial charge in [0.15, 0.2) is 0 Å². The molecule has 104 valence electrons. The SMILES string of the molecule is CC=CC1C(O)[C@H](CO)O[C@@H]1n1ccc(=O)[nH]c1=O. The van der Waals surface area contributed by atoms with E-state index in [4.69, 9.17) is 9.84 Å². The van der Waals surface area contributed by atoms with Gasteiger partial charge in [0.05, 0.1) is 18.6 Å². The summed E-state index contributed by atoms with van der Waals surface area (Å²) in [4.78, 5) is 24.9. The first-order valence-electron chi connectivity index (χ1n) is 5.97. The Morgan fingerprint density at radius 3 is 2.84 bits per heavy atom. The second-order valence-corrected chi connectivity index (χ2v) is 4.36. The maximum atomic E-state index is 11.7. The van der Waals surface area contributed by atoms with Gasteiger partial charge in [-0.2, -0.15) is 0 Å². The van der Waals surface area contributed by atoms with Crippen molar-refractivity contribution in [2.45, 2.75) is 25.4 Å². The fraction of sp³-hybridized carbons (Fsp3) is 0.500. The van der Waals surface area contributed by atoms with Crippen LogP contribution in [0.25, 0.3) is 0 Å². The summed E-state index contributed by atoms with van der Waals surface area (Å²) in [6, 6.07) is 1.20. The molecule has 19 heavy (non-hydrogen) atoms. The number of nitrogens with zero attached hydrogens (tertiary/aromatic N) is 1. The highest BCUT2D eigenvalue weighted by Crippen LogP contribution is 2.34. The Morgan fingerprint density at radius 2 is 2.26 bits per heavy atom. The molecule has 0 bridgehead atoms. The smallest absolute Gasteiger partial charge is 0.330 e. The first kappa shape index (κ1) is 13.7. The summed E-state index contributed by atoms with van der Waals surface area (Å²) >= 11 is 0. The molecule has 2 rings (SSSR count). The molecule has 0 spiro atoms. The third-order valence-electron chi connectivity index (χ3n) is 3.14. The number of aliphatic hydroxyl groups excluding tert-OH is 2. The van der Waals surface area contributed by atoms with Crippen LogP contribution >= 0.6 is 0 Å². The van der Waals surface area contributed by atoms with Crippen LogP contribution in [-0.2, 0) is 4.74 Å². The van der Waals surface area contributed by atoms with E-state index in [2.05, 4.69) is 4.98 Å². The van der Waals surface area contributed by atoms with E-state index in [9.17, 15) is 14.7 Å². The quantitative estimate of drug-likeness (QED) is 0.609. The largest absolute Gasteiger partial charge is 0.394 e. The summed E-state index contributed by atoms with van der Waals surface area (Å²) in [5.74, 6) is -0.467. The molecule has 2 heterocycles. The van der Waals surface area contributed by atoms with Crippen molar-refractivity contribution in [1.82, 2.24) is 9.55 Å². The third-order valence-corrected chi connectivity index (χ3v) is 3.14. The van der Waals surface area contributed by atoms with E-state index >= 15 is 0 Å². The van der Waals surface area contributed by atoms with Crippen molar-refractivity contribution < 1.29 is 14.9 Å². The highest BCUT2D eigenvalue weighted by molar-refractivity contribution is 5.01. The van der Waals surface area contributed by atoms with Gasteiger partial charge in [0.25, 0.3) is 5.56 Å². The minimum Gasteiger partial charge on any atom is -0.394 e. The molecule has 0 aliphatic carbocycles. The van der Waals surface area contributed by atoms with Crippen LogP contribution in [0.2, 0.25) is 0 Å². The van der Waals surface area contributed by atoms with E-state index < -0.39 is 35.6 Å². The number of hydrogen-bond donors (Lipinski definition) is 3. The number of hydrogen-bond acceptors (Lipinski definition) is 5. The van der Waals surface area contributed by atoms with Crippen LogP contribution in [0.1, 0.15) is 13.2 Å². The number of H-pyrrole nitrogens is 1. The highest BCUT2D eigenvalue weighted by atomic mass is 16.5. The molecule has 1 fully saturated rings. The summed E-state index contributed by atoms with van der Waals surface area (Å²) in [6.45, 7) is 1.44. The molecule has 2 unspecified atom stereocenters. The second-order valence-electron chi connectivity index (χ2n) is 4.36. The molecule has 0 aromatic carbocycles. The van der Waals surface area contributed by atoms with Crippen LogP contribution in [0.3, 0.4) is 0 Å². The summed E-state index contributed by atoms with van der Waals surface area (Å²) in [7, 11) is 0. The van der Waals surface area contributed by atoms with E-state index in [1.54, 1.807) is 19.1 Å². The number of aromatic amines is 1. The van der Waals surface area contributed by atoms with Gasteiger partial charge in [0.1, 0.15) is 12.3 Å². The van der Waals surface area contributed by atoms with Gasteiger partial charge in [-0.1, -0.05) is 12.2 Å². The maximum Gasteiger partial charge on any atom is 0.330 e. The van der Waals surface area contributed by atoms with E-state index in [0.29, 0.717) is 0 Å². The summed E-state index contributed by atoms with van der Waals surface area (Å²) in [5, 5.41) is 19.2. The zero-order valence-corrected chi connectivity index (χ0v) is 10.4. The summed E-state index contributed by atoms with van der Waals surface area (Å²) in [6.07, 6.45) is 2.33. The number of rotatable bonds is 3. The van der Waals surface area contributed by atoms with Crippen molar-refractivity contribution in [3.8, 4) is 0 Å². The lowest BCUT2D eigenvalue weighted by atomic mass is 9.99. The number of aliphatic hydroxyl groups is 2. The Bertz CT molecular complexity index is 576. The molecular weight excluding hydrogens is 252 g/mol. The van der Waals surface area contributed by atoms with Gasteiger partial charge < -0.3 is 14.9 Å². The first-order chi connectivity index (χ1) is 9.08. The Labute approximate surface area is 108 Å². The van der Waals surface area contributed by atoms with Gasteiger partial charge in [-0.15, -0.1) is 0 Å². The Morgan fingerprint density at radius 1 is 1.53 bits per heavy atom. The van der Waals surface area contributed by atoms with Crippen molar-refractivity contribution in [1.29, 1.82) is 0 Å². The van der Waals surface area contributed by atoms with E-state index in [1.807, 2.05) is 0 Å². The zero-order valence-electron chi connectivity index (χ0n) is 10.4. The van der Waals surface area contributed by atoms with Gasteiger partial charge in [0, 0.05) is 12.3 Å². The predicted octanol–water partition coefficient (Wildman–Crippen LogP) is -1.02. The summed E-state index contributed by atoms with van der Waals surface area (Å²) in [5.41, 5.74) is -1.11. The Kier molecular flexibility index (Phi) is 3.98. The van der Waals surface area contributed by atoms with Crippen LogP contribution < -0.4 is 11.2 Å². The average molecular weight is 268 g/mol. The molecule has 1 saturated heterocycles. The fourth-order valence-electron chi connectivity index (χ4n) is 2.23. The van der Waals surface area contributed by atoms with Crippen molar-refractivity contribution in [2.24, 2.45) is 5.92 Å². The van der Waals surface area contributed by atoms with Crippen LogP contribution in [0.4, 0.5) is 0 Å². The van der Waals surface area contributed by atoms with Crippen LogP contribution in [-0.4, -0.2) is 38.6 Å². The average Bonchev–Trinajstić information content (AvgIpc) is 2.68. The predicted molar refractivity (Wildman–Crippen MR) is 66.6 cm³/mol. The fourth-order valence-corrected chi connectivity index (χ4v) is 2.23. The molecule has 3 N–H and O–H groups in total. The molecule has 0 radical (unpaired) electrons. The molecule has 1 aromatic rings. The molecule has 1 aliphatic heterocycles. The maximum absolute atomic E-state index is 11.7. The van der Waals surface area contributed by atoms with E-state index in [0.717, 1.165) is 0 Å². The number of aromatic nitrogens is 2. The number of ether oxygens (including phenoxy) is 1. The van der Waals surface area contributed by atoms with Gasteiger partial charge >= 0.3 is 5.69 Å². The van der Waals surface area contributed by atoms with Gasteiger partial charge in [-0.25, -0.2) is 4.79 Å². The first-order valence-corrected chi connectivity index (χ1v) is 5.97. The van der Waals surface area contributed by atoms with Gasteiger partial charge in [-0.3, -0.25) is 14.3 Å². The Hall–Kier alpha value is -1.70. The normalized spacial score (nSPS) is 31.1. The van der Waals surface area contributed by atoms with E-state index in [-0.39, 0.29) is 6.61 Å². The third kappa shape index (κ3) is 2.53. The van der Waals surface area contributed by atoms with Crippen LogP contribution in [0.15, 0.2) is 34.0 Å². The molecule has 1 aromatic heterocycles.